The number of alkyl halides is 4. The van der Waals surface area contributed by atoms with Crippen LogP contribution in [0, 0.1) is 0 Å². The number of carbonyl (C=O) groups is 1. The Balaban J connectivity index is 1.44. The topological polar surface area (TPSA) is 83.7 Å². The van der Waals surface area contributed by atoms with Gasteiger partial charge in [-0.2, -0.15) is 13.2 Å². The molecule has 0 spiro atoms. The second-order valence-corrected chi connectivity index (χ2v) is 9.03. The number of carbonyl (C=O) groups excluding carboxylic acids is 1. The molecule has 0 bridgehead atoms. The van der Waals surface area contributed by atoms with Gasteiger partial charge in [-0.05, 0) is 38.3 Å². The first-order valence-corrected chi connectivity index (χ1v) is 11.4. The Morgan fingerprint density at radius 1 is 1.19 bits per heavy atom. The highest BCUT2D eigenvalue weighted by atomic mass is 35.5. The quantitative estimate of drug-likeness (QED) is 0.491. The molecule has 5 atom stereocenters. The molecule has 3 aliphatic heterocycles. The summed E-state index contributed by atoms with van der Waals surface area (Å²) in [5.41, 5.74) is -2.40. The maximum Gasteiger partial charge on any atom is 0.421 e. The van der Waals surface area contributed by atoms with Crippen LogP contribution in [-0.2, 0) is 10.3 Å². The third kappa shape index (κ3) is 4.93. The van der Waals surface area contributed by atoms with Crippen LogP contribution in [0.25, 0.3) is 0 Å². The van der Waals surface area contributed by atoms with Gasteiger partial charge in [-0.15, -0.1) is 11.6 Å². The van der Waals surface area contributed by atoms with E-state index in [0.29, 0.717) is 19.5 Å². The molecule has 3 aliphatic rings. The molecule has 0 aliphatic carbocycles. The molecule has 1 aromatic carbocycles. The maximum absolute atomic E-state index is 13.8. The van der Waals surface area contributed by atoms with E-state index in [1.54, 1.807) is 6.07 Å². The van der Waals surface area contributed by atoms with Crippen LogP contribution in [-0.4, -0.2) is 55.7 Å². The minimum atomic E-state index is -4.56. The average Bonchev–Trinajstić information content (AvgIpc) is 2.70. The van der Waals surface area contributed by atoms with Crippen LogP contribution in [0.4, 0.5) is 18.0 Å². The molecule has 5 unspecified atom stereocenters. The van der Waals surface area contributed by atoms with E-state index in [9.17, 15) is 18.0 Å². The van der Waals surface area contributed by atoms with Crippen molar-refractivity contribution in [2.24, 2.45) is 0 Å². The number of amides is 2. The molecule has 3 saturated heterocycles. The van der Waals surface area contributed by atoms with Gasteiger partial charge >= 0.3 is 12.2 Å². The van der Waals surface area contributed by atoms with Crippen molar-refractivity contribution in [3.63, 3.8) is 0 Å². The summed E-state index contributed by atoms with van der Waals surface area (Å²) in [6.45, 7) is 1.29. The summed E-state index contributed by atoms with van der Waals surface area (Å²) in [7, 11) is 0. The van der Waals surface area contributed by atoms with Crippen LogP contribution in [0.15, 0.2) is 24.3 Å². The first kappa shape index (κ1) is 23.4. The van der Waals surface area contributed by atoms with Crippen LogP contribution in [0.2, 0.25) is 0 Å². The predicted octanol–water partition coefficient (Wildman–Crippen LogP) is 2.94. The summed E-state index contributed by atoms with van der Waals surface area (Å²) in [5, 5.41) is 12.2. The molecule has 4 rings (SSSR count). The first-order chi connectivity index (χ1) is 15.3. The molecule has 3 fully saturated rings. The van der Waals surface area contributed by atoms with Crippen LogP contribution >= 0.6 is 11.6 Å². The SMILES string of the molecule is O=C(NC1CCC(Cl)CN1)NC1CCCNC1Oc1ccccc1C1(C(F)(F)F)CCO1. The third-order valence-electron chi connectivity index (χ3n) is 6.22. The van der Waals surface area contributed by atoms with E-state index in [0.717, 1.165) is 19.3 Å². The minimum absolute atomic E-state index is 0.0412. The molecule has 2 amide bonds. The number of halogens is 4. The second kappa shape index (κ2) is 9.62. The molecule has 1 aromatic rings. The molecule has 178 valence electrons. The van der Waals surface area contributed by atoms with Gasteiger partial charge in [-0.3, -0.25) is 10.6 Å². The van der Waals surface area contributed by atoms with E-state index in [1.165, 1.54) is 18.2 Å². The number of piperidine rings is 2. The number of hydrogen-bond donors (Lipinski definition) is 4. The Hall–Kier alpha value is -1.75. The fourth-order valence-corrected chi connectivity index (χ4v) is 4.59. The highest BCUT2D eigenvalue weighted by Crippen LogP contribution is 2.52. The van der Waals surface area contributed by atoms with Crippen molar-refractivity contribution >= 4 is 17.6 Å². The minimum Gasteiger partial charge on any atom is -0.473 e. The number of urea groups is 1. The number of hydrogen-bond acceptors (Lipinski definition) is 5. The first-order valence-electron chi connectivity index (χ1n) is 10.9. The summed E-state index contributed by atoms with van der Waals surface area (Å²) in [5.74, 6) is 0.0956. The zero-order chi connectivity index (χ0) is 22.8. The van der Waals surface area contributed by atoms with Crippen molar-refractivity contribution in [3.8, 4) is 5.75 Å². The summed E-state index contributed by atoms with van der Waals surface area (Å²) in [4.78, 5) is 12.5. The molecule has 32 heavy (non-hydrogen) atoms. The van der Waals surface area contributed by atoms with Crippen molar-refractivity contribution in [1.82, 2.24) is 21.3 Å². The normalized spacial score (nSPS) is 33.1. The summed E-state index contributed by atoms with van der Waals surface area (Å²) in [6, 6.07) is 5.28. The van der Waals surface area contributed by atoms with Gasteiger partial charge in [0.25, 0.3) is 0 Å². The largest absolute Gasteiger partial charge is 0.473 e. The van der Waals surface area contributed by atoms with Crippen molar-refractivity contribution in [2.75, 3.05) is 19.7 Å². The van der Waals surface area contributed by atoms with E-state index in [-0.39, 0.29) is 41.9 Å². The highest BCUT2D eigenvalue weighted by molar-refractivity contribution is 6.20. The van der Waals surface area contributed by atoms with E-state index in [2.05, 4.69) is 21.3 Å². The third-order valence-corrected chi connectivity index (χ3v) is 6.59. The average molecular weight is 477 g/mol. The standard InChI is InChI=1S/C21H28ClF3N4O3/c22-13-7-8-17(27-12-13)29-19(30)28-15-5-3-10-26-18(15)32-16-6-2-1-4-14(16)20(9-11-31-20)21(23,24)25/h1-2,4,6,13,15,17-18,26-27H,3,5,7-12H2,(H2,28,29,30). The molecule has 3 heterocycles. The van der Waals surface area contributed by atoms with E-state index in [1.807, 2.05) is 0 Å². The van der Waals surface area contributed by atoms with E-state index >= 15 is 0 Å². The van der Waals surface area contributed by atoms with Crippen molar-refractivity contribution in [1.29, 1.82) is 0 Å². The molecule has 0 aromatic heterocycles. The van der Waals surface area contributed by atoms with Crippen LogP contribution < -0.4 is 26.0 Å². The van der Waals surface area contributed by atoms with Gasteiger partial charge in [-0.25, -0.2) is 4.79 Å². The molecule has 4 N–H and O–H groups in total. The Bertz CT molecular complexity index is 801. The molecule has 0 saturated carbocycles. The Morgan fingerprint density at radius 2 is 1.97 bits per heavy atom. The van der Waals surface area contributed by atoms with Crippen LogP contribution in [0.5, 0.6) is 5.75 Å². The fraction of sp³-hybridized carbons (Fsp3) is 0.667. The van der Waals surface area contributed by atoms with Gasteiger partial charge in [0.1, 0.15) is 5.75 Å². The van der Waals surface area contributed by atoms with Gasteiger partial charge in [0.15, 0.2) is 11.8 Å². The molecular weight excluding hydrogens is 449 g/mol. The lowest BCUT2D eigenvalue weighted by Gasteiger charge is -2.44. The summed E-state index contributed by atoms with van der Waals surface area (Å²) in [6.07, 6.45) is -2.61. The smallest absolute Gasteiger partial charge is 0.421 e. The molecule has 7 nitrogen and oxygen atoms in total. The number of benzene rings is 1. The molecule has 0 radical (unpaired) electrons. The Morgan fingerprint density at radius 3 is 2.62 bits per heavy atom. The Kier molecular flexibility index (Phi) is 7.04. The van der Waals surface area contributed by atoms with E-state index < -0.39 is 24.0 Å². The van der Waals surface area contributed by atoms with Crippen molar-refractivity contribution < 1.29 is 27.4 Å². The summed E-state index contributed by atoms with van der Waals surface area (Å²) < 4.78 is 52.5. The lowest BCUT2D eigenvalue weighted by Crippen LogP contribution is -2.60. The summed E-state index contributed by atoms with van der Waals surface area (Å²) >= 11 is 6.06. The highest BCUT2D eigenvalue weighted by Gasteiger charge is 2.62. The van der Waals surface area contributed by atoms with Crippen molar-refractivity contribution in [3.05, 3.63) is 29.8 Å². The van der Waals surface area contributed by atoms with Gasteiger partial charge < -0.3 is 20.1 Å². The maximum atomic E-state index is 13.8. The van der Waals surface area contributed by atoms with Crippen LogP contribution in [0.1, 0.15) is 37.7 Å². The number of nitrogens with one attached hydrogen (secondary N) is 4. The van der Waals surface area contributed by atoms with Crippen molar-refractivity contribution in [2.45, 2.75) is 67.7 Å². The van der Waals surface area contributed by atoms with Gasteiger partial charge in [0.05, 0.1) is 18.8 Å². The molecule has 11 heteroatoms. The lowest BCUT2D eigenvalue weighted by atomic mass is 9.85. The van der Waals surface area contributed by atoms with E-state index in [4.69, 9.17) is 21.1 Å². The molecular formula is C21H28ClF3N4O3. The van der Waals surface area contributed by atoms with Gasteiger partial charge in [0.2, 0.25) is 0 Å². The zero-order valence-corrected chi connectivity index (χ0v) is 18.3. The zero-order valence-electron chi connectivity index (χ0n) is 17.5. The predicted molar refractivity (Wildman–Crippen MR) is 113 cm³/mol. The number of rotatable bonds is 5. The van der Waals surface area contributed by atoms with Gasteiger partial charge in [0, 0.05) is 23.9 Å². The monoisotopic (exact) mass is 476 g/mol. The Labute approximate surface area is 189 Å². The lowest BCUT2D eigenvalue weighted by molar-refractivity contribution is -0.334. The fourth-order valence-electron chi connectivity index (χ4n) is 4.38. The second-order valence-electron chi connectivity index (χ2n) is 8.41. The van der Waals surface area contributed by atoms with Crippen LogP contribution in [0.3, 0.4) is 0 Å². The number of para-hydroxylation sites is 1. The van der Waals surface area contributed by atoms with Gasteiger partial charge in [-0.1, -0.05) is 18.2 Å². The number of ether oxygens (including phenoxy) is 2.